The van der Waals surface area contributed by atoms with Crippen molar-refractivity contribution in [2.75, 3.05) is 12.4 Å². The number of nitro benzene ring substituents is 1. The van der Waals surface area contributed by atoms with Crippen LogP contribution in [0.4, 0.5) is 11.4 Å². The first-order valence-electron chi connectivity index (χ1n) is 9.30. The molecule has 30 heavy (non-hydrogen) atoms. The summed E-state index contributed by atoms with van der Waals surface area (Å²) in [4.78, 5) is 23.3. The lowest BCUT2D eigenvalue weighted by Crippen LogP contribution is -2.14. The van der Waals surface area contributed by atoms with Gasteiger partial charge >= 0.3 is 0 Å². The van der Waals surface area contributed by atoms with Gasteiger partial charge in [-0.25, -0.2) is 0 Å². The van der Waals surface area contributed by atoms with Crippen LogP contribution in [0.2, 0.25) is 0 Å². The number of carbonyl (C=O) groups is 1. The molecule has 0 aliphatic carbocycles. The molecular formula is C23H22N2O5. The van der Waals surface area contributed by atoms with E-state index in [1.54, 1.807) is 38.3 Å². The van der Waals surface area contributed by atoms with Crippen molar-refractivity contribution >= 4 is 17.3 Å². The summed E-state index contributed by atoms with van der Waals surface area (Å²) in [7, 11) is 1.55. The van der Waals surface area contributed by atoms with Gasteiger partial charge in [-0.1, -0.05) is 18.2 Å². The molecule has 3 aromatic rings. The number of ether oxygens (including phenoxy) is 2. The van der Waals surface area contributed by atoms with Crippen LogP contribution in [0, 0.1) is 24.0 Å². The number of nitro groups is 1. The van der Waals surface area contributed by atoms with E-state index in [1.807, 2.05) is 31.2 Å². The maximum absolute atomic E-state index is 12.8. The zero-order valence-corrected chi connectivity index (χ0v) is 17.0. The molecule has 0 heterocycles. The van der Waals surface area contributed by atoms with Crippen molar-refractivity contribution in [3.05, 3.63) is 93.0 Å². The largest absolute Gasteiger partial charge is 0.496 e. The highest BCUT2D eigenvalue weighted by Crippen LogP contribution is 2.25. The van der Waals surface area contributed by atoms with Gasteiger partial charge in [0.15, 0.2) is 0 Å². The van der Waals surface area contributed by atoms with Crippen LogP contribution in [-0.4, -0.2) is 17.9 Å². The van der Waals surface area contributed by atoms with Gasteiger partial charge in [0.25, 0.3) is 11.6 Å². The molecule has 0 saturated carbocycles. The van der Waals surface area contributed by atoms with Gasteiger partial charge in [0.05, 0.1) is 17.7 Å². The lowest BCUT2D eigenvalue weighted by atomic mass is 10.1. The van der Waals surface area contributed by atoms with E-state index in [4.69, 9.17) is 9.47 Å². The van der Waals surface area contributed by atoms with E-state index >= 15 is 0 Å². The topological polar surface area (TPSA) is 90.7 Å². The first-order chi connectivity index (χ1) is 14.4. The number of hydrogen-bond donors (Lipinski definition) is 1. The van der Waals surface area contributed by atoms with Crippen LogP contribution in [0.3, 0.4) is 0 Å². The molecule has 0 aliphatic rings. The molecule has 7 nitrogen and oxygen atoms in total. The highest BCUT2D eigenvalue weighted by Gasteiger charge is 2.14. The van der Waals surface area contributed by atoms with E-state index < -0.39 is 4.92 Å². The van der Waals surface area contributed by atoms with Crippen molar-refractivity contribution in [3.63, 3.8) is 0 Å². The quantitative estimate of drug-likeness (QED) is 0.438. The van der Waals surface area contributed by atoms with Crippen molar-refractivity contribution in [1.82, 2.24) is 0 Å². The van der Waals surface area contributed by atoms with E-state index in [2.05, 4.69) is 5.32 Å². The summed E-state index contributed by atoms with van der Waals surface area (Å²) in [6.45, 7) is 3.98. The summed E-state index contributed by atoms with van der Waals surface area (Å²) < 4.78 is 11.2. The molecule has 0 unspecified atom stereocenters. The summed E-state index contributed by atoms with van der Waals surface area (Å²) in [6.07, 6.45) is 0. The number of nitrogens with zero attached hydrogens (tertiary/aromatic N) is 1. The Labute approximate surface area is 174 Å². The van der Waals surface area contributed by atoms with Crippen molar-refractivity contribution < 1.29 is 19.2 Å². The fraction of sp³-hybridized carbons (Fsp3) is 0.174. The van der Waals surface area contributed by atoms with Crippen molar-refractivity contribution in [2.24, 2.45) is 0 Å². The third-order valence-electron chi connectivity index (χ3n) is 4.61. The smallest absolute Gasteiger partial charge is 0.271 e. The second kappa shape index (κ2) is 9.09. The number of aryl methyl sites for hydroxylation is 2. The molecule has 7 heteroatoms. The third kappa shape index (κ3) is 4.94. The summed E-state index contributed by atoms with van der Waals surface area (Å²) in [5.74, 6) is 0.947. The molecule has 0 saturated heterocycles. The van der Waals surface area contributed by atoms with Gasteiger partial charge in [0.2, 0.25) is 0 Å². The second-order valence-corrected chi connectivity index (χ2v) is 6.84. The minimum absolute atomic E-state index is 0.0853. The van der Waals surface area contributed by atoms with E-state index in [1.165, 1.54) is 12.1 Å². The van der Waals surface area contributed by atoms with Gasteiger partial charge in [-0.05, 0) is 55.3 Å². The zero-order chi connectivity index (χ0) is 21.7. The number of nitrogens with one attached hydrogen (secondary N) is 1. The van der Waals surface area contributed by atoms with Crippen molar-refractivity contribution in [1.29, 1.82) is 0 Å². The number of methoxy groups -OCH3 is 1. The van der Waals surface area contributed by atoms with Gasteiger partial charge in [0, 0.05) is 23.3 Å². The average Bonchev–Trinajstić information content (AvgIpc) is 2.73. The van der Waals surface area contributed by atoms with Crippen LogP contribution >= 0.6 is 0 Å². The normalized spacial score (nSPS) is 10.4. The fourth-order valence-corrected chi connectivity index (χ4v) is 2.95. The van der Waals surface area contributed by atoms with Crippen LogP contribution in [-0.2, 0) is 6.61 Å². The van der Waals surface area contributed by atoms with Crippen molar-refractivity contribution in [3.8, 4) is 11.5 Å². The molecule has 3 rings (SSSR count). The Hall–Kier alpha value is -3.87. The lowest BCUT2D eigenvalue weighted by Gasteiger charge is -2.13. The summed E-state index contributed by atoms with van der Waals surface area (Å²) in [6, 6.07) is 17.1. The molecule has 154 valence electrons. The number of hydrogen-bond acceptors (Lipinski definition) is 5. The Morgan fingerprint density at radius 3 is 2.57 bits per heavy atom. The number of anilines is 1. The summed E-state index contributed by atoms with van der Waals surface area (Å²) in [5, 5.41) is 13.8. The molecule has 0 spiro atoms. The van der Waals surface area contributed by atoms with Crippen molar-refractivity contribution in [2.45, 2.75) is 20.5 Å². The van der Waals surface area contributed by atoms with Gasteiger partial charge in [-0.3, -0.25) is 14.9 Å². The molecule has 0 aliphatic heterocycles. The van der Waals surface area contributed by atoms with E-state index in [0.717, 1.165) is 16.9 Å². The lowest BCUT2D eigenvalue weighted by molar-refractivity contribution is -0.384. The molecule has 1 N–H and O–H groups in total. The molecule has 3 aromatic carbocycles. The Balaban J connectivity index is 1.81. The number of amides is 1. The number of non-ortho nitro benzene ring substituents is 1. The van der Waals surface area contributed by atoms with Crippen LogP contribution in [0.25, 0.3) is 0 Å². The summed E-state index contributed by atoms with van der Waals surface area (Å²) >= 11 is 0. The van der Waals surface area contributed by atoms with E-state index in [-0.39, 0.29) is 18.2 Å². The molecule has 1 amide bonds. The van der Waals surface area contributed by atoms with Crippen LogP contribution in [0.1, 0.15) is 27.0 Å². The Morgan fingerprint density at radius 1 is 1.07 bits per heavy atom. The first kappa shape index (κ1) is 20.9. The predicted octanol–water partition coefficient (Wildman–Crippen LogP) is 5.05. The van der Waals surface area contributed by atoms with Gasteiger partial charge in [-0.15, -0.1) is 0 Å². The van der Waals surface area contributed by atoms with Gasteiger partial charge in [0.1, 0.15) is 18.1 Å². The van der Waals surface area contributed by atoms with Crippen LogP contribution in [0.15, 0.2) is 60.7 Å². The highest BCUT2D eigenvalue weighted by molar-refractivity contribution is 6.05. The number of benzene rings is 3. The van der Waals surface area contributed by atoms with Crippen LogP contribution in [0.5, 0.6) is 11.5 Å². The monoisotopic (exact) mass is 406 g/mol. The van der Waals surface area contributed by atoms with Gasteiger partial charge < -0.3 is 14.8 Å². The third-order valence-corrected chi connectivity index (χ3v) is 4.61. The standard InChI is InChI=1S/C23H22N2O5/c1-15-5-4-6-20(11-15)30-14-18-12-17(8-10-22(18)29-3)23(26)24-21-13-19(25(27)28)9-7-16(21)2/h4-13H,14H2,1-3H3,(H,24,26). The summed E-state index contributed by atoms with van der Waals surface area (Å²) in [5.41, 5.74) is 3.22. The number of carbonyl (C=O) groups excluding carboxylic acids is 1. The first-order valence-corrected chi connectivity index (χ1v) is 9.30. The molecular weight excluding hydrogens is 384 g/mol. The molecule has 0 aromatic heterocycles. The Morgan fingerprint density at radius 2 is 1.87 bits per heavy atom. The minimum atomic E-state index is -0.497. The highest BCUT2D eigenvalue weighted by atomic mass is 16.6. The molecule has 0 radical (unpaired) electrons. The predicted molar refractivity (Wildman–Crippen MR) is 114 cm³/mol. The Bertz CT molecular complexity index is 1090. The minimum Gasteiger partial charge on any atom is -0.496 e. The van der Waals surface area contributed by atoms with Crippen LogP contribution < -0.4 is 14.8 Å². The zero-order valence-electron chi connectivity index (χ0n) is 17.0. The Kier molecular flexibility index (Phi) is 6.32. The number of rotatable bonds is 7. The average molecular weight is 406 g/mol. The maximum Gasteiger partial charge on any atom is 0.271 e. The molecule has 0 bridgehead atoms. The molecule has 0 fully saturated rings. The van der Waals surface area contributed by atoms with E-state index in [0.29, 0.717) is 22.6 Å². The SMILES string of the molecule is COc1ccc(C(=O)Nc2cc([N+](=O)[O-])ccc2C)cc1COc1cccc(C)c1. The second-order valence-electron chi connectivity index (χ2n) is 6.84. The molecule has 0 atom stereocenters. The van der Waals surface area contributed by atoms with Gasteiger partial charge in [-0.2, -0.15) is 0 Å². The maximum atomic E-state index is 12.8. The fourth-order valence-electron chi connectivity index (χ4n) is 2.95. The van der Waals surface area contributed by atoms with E-state index in [9.17, 15) is 14.9 Å².